The third-order valence-electron chi connectivity index (χ3n) is 5.98. The highest BCUT2D eigenvalue weighted by Crippen LogP contribution is 2.59. The van der Waals surface area contributed by atoms with Gasteiger partial charge in [0.25, 0.3) is 11.8 Å². The zero-order valence-corrected chi connectivity index (χ0v) is 23.5. The Hall–Kier alpha value is -3.21. The van der Waals surface area contributed by atoms with Gasteiger partial charge in [0.05, 0.1) is 11.3 Å². The fourth-order valence-corrected chi connectivity index (χ4v) is 5.56. The van der Waals surface area contributed by atoms with E-state index in [0.717, 1.165) is 43.4 Å². The SMILES string of the molecule is CN(C(=O)c1cccc(F)c1)c1c(-c2c(Br)cc(C(F)(C(F)(F)F)C(F)(F)C(F)(F)F)cc2Br)ccc(C(N)=O)c1F. The first-order valence-corrected chi connectivity index (χ1v) is 12.5. The molecule has 0 bridgehead atoms. The summed E-state index contributed by atoms with van der Waals surface area (Å²) in [6, 6.07) is 5.70. The average molecular weight is 742 g/mol. The van der Waals surface area contributed by atoms with E-state index in [2.05, 4.69) is 31.9 Å². The number of amides is 2. The Labute approximate surface area is 245 Å². The Morgan fingerprint density at radius 2 is 1.36 bits per heavy atom. The summed E-state index contributed by atoms with van der Waals surface area (Å²) in [4.78, 5) is 25.4. The lowest BCUT2D eigenvalue weighted by Gasteiger charge is -2.36. The number of alkyl halides is 9. The molecule has 2 N–H and O–H groups in total. The first-order chi connectivity index (χ1) is 19.1. The van der Waals surface area contributed by atoms with Crippen molar-refractivity contribution in [3.05, 3.63) is 85.8 Å². The van der Waals surface area contributed by atoms with E-state index in [4.69, 9.17) is 5.73 Å². The van der Waals surface area contributed by atoms with Gasteiger partial charge in [-0.1, -0.05) is 44.0 Å². The van der Waals surface area contributed by atoms with E-state index < -0.39 is 84.3 Å². The molecule has 3 aromatic carbocycles. The van der Waals surface area contributed by atoms with Crippen LogP contribution >= 0.6 is 31.9 Å². The van der Waals surface area contributed by atoms with Crippen molar-refractivity contribution in [3.8, 4) is 11.1 Å². The number of carbonyl (C=O) groups is 2. The van der Waals surface area contributed by atoms with E-state index in [9.17, 15) is 49.1 Å². The molecule has 0 aliphatic rings. The monoisotopic (exact) mass is 740 g/mol. The summed E-state index contributed by atoms with van der Waals surface area (Å²) in [6.07, 6.45) is -13.8. The van der Waals surface area contributed by atoms with Gasteiger partial charge in [-0.2, -0.15) is 35.1 Å². The fourth-order valence-electron chi connectivity index (χ4n) is 3.95. The Balaban J connectivity index is 2.34. The van der Waals surface area contributed by atoms with Gasteiger partial charge in [0.1, 0.15) is 5.82 Å². The number of anilines is 1. The molecule has 42 heavy (non-hydrogen) atoms. The van der Waals surface area contributed by atoms with Crippen LogP contribution in [0.2, 0.25) is 0 Å². The summed E-state index contributed by atoms with van der Waals surface area (Å²) < 4.78 is 151. The third kappa shape index (κ3) is 5.47. The number of halogens is 13. The minimum absolute atomic E-state index is 0.0225. The van der Waals surface area contributed by atoms with Gasteiger partial charge in [0, 0.05) is 38.2 Å². The minimum atomic E-state index is -6.98. The number of primary amides is 1. The van der Waals surface area contributed by atoms with E-state index in [1.807, 2.05) is 0 Å². The van der Waals surface area contributed by atoms with Gasteiger partial charge in [-0.15, -0.1) is 0 Å². The van der Waals surface area contributed by atoms with Crippen LogP contribution in [0.15, 0.2) is 57.5 Å². The third-order valence-corrected chi connectivity index (χ3v) is 7.23. The highest BCUT2D eigenvalue weighted by molar-refractivity contribution is 9.11. The van der Waals surface area contributed by atoms with Crippen LogP contribution in [0.3, 0.4) is 0 Å². The highest BCUT2D eigenvalue weighted by atomic mass is 79.9. The Morgan fingerprint density at radius 3 is 1.81 bits per heavy atom. The summed E-state index contributed by atoms with van der Waals surface area (Å²) in [6.45, 7) is 0. The molecule has 1 atom stereocenters. The van der Waals surface area contributed by atoms with Crippen molar-refractivity contribution in [1.82, 2.24) is 0 Å². The maximum absolute atomic E-state index is 15.6. The first-order valence-electron chi connectivity index (χ1n) is 10.9. The Morgan fingerprint density at radius 1 is 0.810 bits per heavy atom. The maximum atomic E-state index is 15.6. The summed E-state index contributed by atoms with van der Waals surface area (Å²) in [5.41, 5.74) is -6.15. The molecular formula is C25H13Br2F11N2O2. The number of benzene rings is 3. The average Bonchev–Trinajstić information content (AvgIpc) is 2.85. The standard InChI is InChI=1S/C25H13Br2F11N2O2/c1-40(21(42)10-3-2-4-12(28)7-10)19-13(5-6-14(18(19)29)20(39)41)17-15(26)8-11(9-16(17)27)22(30,24(33,34)35)23(31,32)25(36,37)38/h2-9H,1H3,(H2,39,41). The molecule has 0 fully saturated rings. The largest absolute Gasteiger partial charge is 0.457 e. The molecule has 0 heterocycles. The molecule has 0 radical (unpaired) electrons. The molecule has 2 amide bonds. The van der Waals surface area contributed by atoms with Gasteiger partial charge in [-0.3, -0.25) is 9.59 Å². The van der Waals surface area contributed by atoms with E-state index in [1.165, 1.54) is 0 Å². The van der Waals surface area contributed by atoms with Crippen molar-refractivity contribution in [1.29, 1.82) is 0 Å². The van der Waals surface area contributed by atoms with Gasteiger partial charge in [-0.05, 0) is 36.4 Å². The quantitative estimate of drug-likeness (QED) is 0.258. The lowest BCUT2D eigenvalue weighted by atomic mass is 9.86. The second kappa shape index (κ2) is 11.1. The summed E-state index contributed by atoms with van der Waals surface area (Å²) in [5, 5.41) is 0. The molecule has 0 aliphatic carbocycles. The van der Waals surface area contributed by atoms with Gasteiger partial charge < -0.3 is 10.6 Å². The number of nitrogens with zero attached hydrogens (tertiary/aromatic N) is 1. The van der Waals surface area contributed by atoms with E-state index >= 15 is 8.78 Å². The van der Waals surface area contributed by atoms with Crippen LogP contribution in [-0.2, 0) is 5.67 Å². The molecule has 1 unspecified atom stereocenters. The van der Waals surface area contributed by atoms with Crippen LogP contribution in [0.25, 0.3) is 11.1 Å². The van der Waals surface area contributed by atoms with Crippen LogP contribution in [0, 0.1) is 11.6 Å². The van der Waals surface area contributed by atoms with Gasteiger partial charge in [-0.25, -0.2) is 13.2 Å². The number of hydrogen-bond donors (Lipinski definition) is 1. The number of nitrogens with two attached hydrogens (primary N) is 1. The molecule has 0 spiro atoms. The van der Waals surface area contributed by atoms with Crippen LogP contribution in [-0.4, -0.2) is 37.1 Å². The summed E-state index contributed by atoms with van der Waals surface area (Å²) in [7, 11) is 0.955. The molecule has 0 saturated heterocycles. The lowest BCUT2D eigenvalue weighted by Crippen LogP contribution is -2.59. The van der Waals surface area contributed by atoms with Crippen LogP contribution in [0.5, 0.6) is 0 Å². The van der Waals surface area contributed by atoms with Gasteiger partial charge in [0.15, 0.2) is 5.82 Å². The molecule has 3 aromatic rings. The lowest BCUT2D eigenvalue weighted by molar-refractivity contribution is -0.389. The molecule has 0 aliphatic heterocycles. The predicted octanol–water partition coefficient (Wildman–Crippen LogP) is 8.46. The number of rotatable bonds is 6. The normalized spacial score (nSPS) is 14.0. The van der Waals surface area contributed by atoms with Crippen LogP contribution in [0.4, 0.5) is 54.0 Å². The van der Waals surface area contributed by atoms with Crippen molar-refractivity contribution in [3.63, 3.8) is 0 Å². The summed E-state index contributed by atoms with van der Waals surface area (Å²) >= 11 is 5.40. The van der Waals surface area contributed by atoms with E-state index in [1.54, 1.807) is 0 Å². The molecule has 17 heteroatoms. The molecular weight excluding hydrogens is 729 g/mol. The van der Waals surface area contributed by atoms with Gasteiger partial charge >= 0.3 is 23.9 Å². The molecule has 226 valence electrons. The first kappa shape index (κ1) is 33.3. The van der Waals surface area contributed by atoms with Gasteiger partial charge in [0.2, 0.25) is 0 Å². The Kier molecular flexibility index (Phi) is 8.82. The zero-order valence-electron chi connectivity index (χ0n) is 20.4. The second-order valence-corrected chi connectivity index (χ2v) is 10.3. The van der Waals surface area contributed by atoms with Crippen molar-refractivity contribution in [2.45, 2.75) is 23.9 Å². The van der Waals surface area contributed by atoms with Crippen molar-refractivity contribution in [2.24, 2.45) is 5.73 Å². The molecule has 3 rings (SSSR count). The zero-order chi connectivity index (χ0) is 32.2. The van der Waals surface area contributed by atoms with Crippen molar-refractivity contribution in [2.75, 3.05) is 11.9 Å². The fraction of sp³-hybridized carbons (Fsp3) is 0.200. The molecule has 4 nitrogen and oxygen atoms in total. The van der Waals surface area contributed by atoms with Crippen molar-refractivity contribution >= 4 is 49.4 Å². The predicted molar refractivity (Wildman–Crippen MR) is 135 cm³/mol. The van der Waals surface area contributed by atoms with E-state index in [-0.39, 0.29) is 17.7 Å². The highest BCUT2D eigenvalue weighted by Gasteiger charge is 2.81. The number of carbonyl (C=O) groups excluding carboxylic acids is 2. The molecule has 0 aromatic heterocycles. The second-order valence-electron chi connectivity index (χ2n) is 8.61. The Bertz CT molecular complexity index is 1550. The molecule has 0 saturated carbocycles. The van der Waals surface area contributed by atoms with Crippen LogP contribution in [0.1, 0.15) is 26.3 Å². The topological polar surface area (TPSA) is 63.4 Å². The number of hydrogen-bond acceptors (Lipinski definition) is 2. The summed E-state index contributed by atoms with van der Waals surface area (Å²) in [5.74, 6) is -11.7. The van der Waals surface area contributed by atoms with Crippen LogP contribution < -0.4 is 10.6 Å². The van der Waals surface area contributed by atoms with Crippen molar-refractivity contribution < 1.29 is 57.9 Å². The van der Waals surface area contributed by atoms with E-state index in [0.29, 0.717) is 4.90 Å². The smallest absolute Gasteiger partial charge is 0.366 e. The maximum Gasteiger partial charge on any atom is 0.457 e. The minimum Gasteiger partial charge on any atom is -0.366 e.